The highest BCUT2D eigenvalue weighted by atomic mass is 35.5. The van der Waals surface area contributed by atoms with Crippen molar-refractivity contribution < 1.29 is 4.39 Å². The van der Waals surface area contributed by atoms with Crippen LogP contribution in [0.4, 0.5) is 10.3 Å². The maximum absolute atomic E-state index is 13.4. The van der Waals surface area contributed by atoms with Gasteiger partial charge in [-0.05, 0) is 29.8 Å². The molecule has 1 aromatic carbocycles. The zero-order valence-electron chi connectivity index (χ0n) is 10.2. The van der Waals surface area contributed by atoms with Crippen LogP contribution in [-0.2, 0) is 0 Å². The van der Waals surface area contributed by atoms with Gasteiger partial charge in [0.2, 0.25) is 11.2 Å². The normalized spacial score (nSPS) is 10.1. The third-order valence-electron chi connectivity index (χ3n) is 2.28. The number of rotatable bonds is 2. The molecule has 0 aliphatic heterocycles. The fourth-order valence-electron chi connectivity index (χ4n) is 1.45. The van der Waals surface area contributed by atoms with Gasteiger partial charge in [0.25, 0.3) is 0 Å². The quantitative estimate of drug-likeness (QED) is 0.842. The van der Waals surface area contributed by atoms with Crippen LogP contribution in [-0.4, -0.2) is 29.0 Å². The van der Waals surface area contributed by atoms with Crippen LogP contribution in [0, 0.1) is 17.1 Å². The molecule has 7 heteroatoms. The molecule has 0 unspecified atom stereocenters. The van der Waals surface area contributed by atoms with Crippen LogP contribution in [0.25, 0.3) is 11.4 Å². The monoisotopic (exact) mass is 277 g/mol. The van der Waals surface area contributed by atoms with E-state index in [1.807, 2.05) is 6.07 Å². The first-order valence-electron chi connectivity index (χ1n) is 5.29. The van der Waals surface area contributed by atoms with Crippen molar-refractivity contribution in [3.8, 4) is 17.5 Å². The molecule has 0 saturated heterocycles. The highest BCUT2D eigenvalue weighted by molar-refractivity contribution is 6.28. The molecule has 0 aliphatic rings. The molecule has 5 nitrogen and oxygen atoms in total. The second kappa shape index (κ2) is 5.16. The van der Waals surface area contributed by atoms with Crippen LogP contribution in [0.15, 0.2) is 18.2 Å². The van der Waals surface area contributed by atoms with Gasteiger partial charge in [-0.3, -0.25) is 0 Å². The molecule has 0 saturated carbocycles. The Morgan fingerprint density at radius 3 is 2.58 bits per heavy atom. The van der Waals surface area contributed by atoms with E-state index < -0.39 is 5.82 Å². The summed E-state index contributed by atoms with van der Waals surface area (Å²) in [5.41, 5.74) is 0.571. The van der Waals surface area contributed by atoms with Crippen molar-refractivity contribution in [3.63, 3.8) is 0 Å². The van der Waals surface area contributed by atoms with Gasteiger partial charge in [0.1, 0.15) is 5.82 Å². The molecule has 0 atom stereocenters. The van der Waals surface area contributed by atoms with Gasteiger partial charge in [-0.1, -0.05) is 0 Å². The van der Waals surface area contributed by atoms with Crippen LogP contribution in [0.5, 0.6) is 0 Å². The Kier molecular flexibility index (Phi) is 3.58. The van der Waals surface area contributed by atoms with Crippen molar-refractivity contribution in [2.45, 2.75) is 0 Å². The summed E-state index contributed by atoms with van der Waals surface area (Å²) < 4.78 is 13.4. The Balaban J connectivity index is 2.59. The van der Waals surface area contributed by atoms with Crippen molar-refractivity contribution >= 4 is 17.5 Å². The van der Waals surface area contributed by atoms with E-state index in [-0.39, 0.29) is 16.7 Å². The third kappa shape index (κ3) is 2.95. The Morgan fingerprint density at radius 2 is 1.95 bits per heavy atom. The van der Waals surface area contributed by atoms with Crippen molar-refractivity contribution in [2.75, 3.05) is 19.0 Å². The van der Waals surface area contributed by atoms with Crippen molar-refractivity contribution in [1.29, 1.82) is 5.26 Å². The van der Waals surface area contributed by atoms with E-state index >= 15 is 0 Å². The minimum Gasteiger partial charge on any atom is -0.347 e. The average molecular weight is 278 g/mol. The first kappa shape index (κ1) is 13.2. The van der Waals surface area contributed by atoms with Gasteiger partial charge >= 0.3 is 0 Å². The Hall–Kier alpha value is -2.26. The molecule has 1 aromatic heterocycles. The highest BCUT2D eigenvalue weighted by Gasteiger charge is 2.10. The van der Waals surface area contributed by atoms with E-state index in [9.17, 15) is 4.39 Å². The first-order chi connectivity index (χ1) is 8.99. The topological polar surface area (TPSA) is 65.7 Å². The van der Waals surface area contributed by atoms with Gasteiger partial charge in [-0.25, -0.2) is 4.39 Å². The van der Waals surface area contributed by atoms with Gasteiger partial charge in [0.15, 0.2) is 5.82 Å². The summed E-state index contributed by atoms with van der Waals surface area (Å²) >= 11 is 5.81. The summed E-state index contributed by atoms with van der Waals surface area (Å²) in [6.45, 7) is 0. The minimum atomic E-state index is -0.531. The molecule has 0 bridgehead atoms. The maximum Gasteiger partial charge on any atom is 0.229 e. The number of hydrogen-bond acceptors (Lipinski definition) is 5. The molecule has 96 valence electrons. The van der Waals surface area contributed by atoms with Crippen LogP contribution in [0.2, 0.25) is 5.28 Å². The lowest BCUT2D eigenvalue weighted by atomic mass is 10.1. The lowest BCUT2D eigenvalue weighted by molar-refractivity contribution is 0.627. The highest BCUT2D eigenvalue weighted by Crippen LogP contribution is 2.21. The largest absolute Gasteiger partial charge is 0.347 e. The second-order valence-corrected chi connectivity index (χ2v) is 4.30. The average Bonchev–Trinajstić information content (AvgIpc) is 2.37. The van der Waals surface area contributed by atoms with E-state index in [0.717, 1.165) is 6.07 Å². The van der Waals surface area contributed by atoms with Gasteiger partial charge in [0, 0.05) is 19.7 Å². The van der Waals surface area contributed by atoms with E-state index in [0.29, 0.717) is 11.5 Å². The minimum absolute atomic E-state index is 0.0106. The lowest BCUT2D eigenvalue weighted by Crippen LogP contribution is -2.14. The maximum atomic E-state index is 13.4. The number of hydrogen-bond donors (Lipinski definition) is 0. The zero-order chi connectivity index (χ0) is 14.0. The number of nitriles is 1. The van der Waals surface area contributed by atoms with Gasteiger partial charge in [0.05, 0.1) is 11.6 Å². The van der Waals surface area contributed by atoms with E-state index in [2.05, 4.69) is 15.0 Å². The molecule has 2 aromatic rings. The summed E-state index contributed by atoms with van der Waals surface area (Å²) in [4.78, 5) is 13.7. The zero-order valence-corrected chi connectivity index (χ0v) is 11.0. The van der Waals surface area contributed by atoms with Gasteiger partial charge in [-0.15, -0.1) is 0 Å². The molecule has 0 amide bonds. The van der Waals surface area contributed by atoms with E-state index in [1.54, 1.807) is 19.0 Å². The molecule has 0 N–H and O–H groups in total. The molecule has 0 aliphatic carbocycles. The third-order valence-corrected chi connectivity index (χ3v) is 2.45. The summed E-state index contributed by atoms with van der Waals surface area (Å²) in [6.07, 6.45) is 0. The SMILES string of the molecule is CN(C)c1nc(Cl)nc(-c2cc(F)cc(C#N)c2)n1. The van der Waals surface area contributed by atoms with E-state index in [4.69, 9.17) is 16.9 Å². The predicted octanol–water partition coefficient (Wildman–Crippen LogP) is 2.27. The van der Waals surface area contributed by atoms with Crippen LogP contribution >= 0.6 is 11.6 Å². The fourth-order valence-corrected chi connectivity index (χ4v) is 1.61. The number of halogens is 2. The molecule has 0 radical (unpaired) electrons. The molecular formula is C12H9ClFN5. The molecule has 2 rings (SSSR count). The summed E-state index contributed by atoms with van der Waals surface area (Å²) in [5.74, 6) is 0.0504. The lowest BCUT2D eigenvalue weighted by Gasteiger charge is -2.11. The van der Waals surface area contributed by atoms with Gasteiger partial charge in [-0.2, -0.15) is 20.2 Å². The van der Waals surface area contributed by atoms with Crippen LogP contribution in [0.3, 0.4) is 0 Å². The Morgan fingerprint density at radius 1 is 1.21 bits per heavy atom. The Bertz CT molecular complexity index is 666. The first-order valence-corrected chi connectivity index (χ1v) is 5.67. The summed E-state index contributed by atoms with van der Waals surface area (Å²) in [5, 5.41) is 8.84. The van der Waals surface area contributed by atoms with Gasteiger partial charge < -0.3 is 4.90 Å². The standard InChI is InChI=1S/C12H9ClFN5/c1-19(2)12-17-10(16-11(13)18-12)8-3-7(6-15)4-9(14)5-8/h3-5H,1-2H3. The molecule has 0 spiro atoms. The van der Waals surface area contributed by atoms with Crippen molar-refractivity contribution in [2.24, 2.45) is 0 Å². The molecule has 1 heterocycles. The van der Waals surface area contributed by atoms with Crippen LogP contribution in [0.1, 0.15) is 5.56 Å². The molecule has 0 fully saturated rings. The second-order valence-electron chi connectivity index (χ2n) is 3.96. The van der Waals surface area contributed by atoms with Crippen LogP contribution < -0.4 is 4.90 Å². The van der Waals surface area contributed by atoms with E-state index in [1.165, 1.54) is 12.1 Å². The van der Waals surface area contributed by atoms with Crippen molar-refractivity contribution in [1.82, 2.24) is 15.0 Å². The number of anilines is 1. The van der Waals surface area contributed by atoms with Crippen molar-refractivity contribution in [3.05, 3.63) is 34.9 Å². The number of aromatic nitrogens is 3. The smallest absolute Gasteiger partial charge is 0.229 e. The molecular weight excluding hydrogens is 269 g/mol. The fraction of sp³-hybridized carbons (Fsp3) is 0.167. The Labute approximate surface area is 114 Å². The summed E-state index contributed by atoms with van der Waals surface area (Å²) in [7, 11) is 3.50. The number of nitrogens with zero attached hydrogens (tertiary/aromatic N) is 5. The summed E-state index contributed by atoms with van der Waals surface area (Å²) in [6, 6.07) is 5.75. The predicted molar refractivity (Wildman–Crippen MR) is 69.3 cm³/mol. The number of benzene rings is 1. The molecule has 19 heavy (non-hydrogen) atoms.